The molecule has 4 nitrogen and oxygen atoms in total. The monoisotopic (exact) mass is 270 g/mol. The van der Waals surface area contributed by atoms with E-state index in [2.05, 4.69) is 10.3 Å². The predicted molar refractivity (Wildman–Crippen MR) is 65.7 cm³/mol. The summed E-state index contributed by atoms with van der Waals surface area (Å²) in [7, 11) is 0. The van der Waals surface area contributed by atoms with E-state index < -0.39 is 0 Å². The summed E-state index contributed by atoms with van der Waals surface area (Å²) in [5, 5.41) is 3.11. The summed E-state index contributed by atoms with van der Waals surface area (Å²) in [6, 6.07) is 3.22. The fourth-order valence-electron chi connectivity index (χ4n) is 1.28. The van der Waals surface area contributed by atoms with Crippen molar-refractivity contribution in [1.29, 1.82) is 0 Å². The van der Waals surface area contributed by atoms with Crippen LogP contribution in [0.2, 0.25) is 10.4 Å². The third kappa shape index (κ3) is 2.60. The van der Waals surface area contributed by atoms with Gasteiger partial charge in [0.1, 0.15) is 5.15 Å². The molecule has 0 aliphatic rings. The van der Waals surface area contributed by atoms with Crippen LogP contribution in [-0.4, -0.2) is 10.9 Å². The second kappa shape index (κ2) is 4.77. The van der Waals surface area contributed by atoms with E-state index >= 15 is 0 Å². The molecule has 0 aromatic carbocycles. The number of carbonyl (C=O) groups excluding carboxylic acids is 1. The highest BCUT2D eigenvalue weighted by atomic mass is 35.5. The zero-order chi connectivity index (χ0) is 12.4. The minimum atomic E-state index is -0.354. The van der Waals surface area contributed by atoms with Gasteiger partial charge in [-0.25, -0.2) is 4.98 Å². The van der Waals surface area contributed by atoms with Crippen LogP contribution < -0.4 is 5.32 Å². The first-order valence-electron chi connectivity index (χ1n) is 4.74. The molecule has 6 heteroatoms. The van der Waals surface area contributed by atoms with Crippen molar-refractivity contribution in [3.8, 4) is 0 Å². The molecule has 88 valence electrons. The lowest BCUT2D eigenvalue weighted by atomic mass is 10.2. The molecular weight excluding hydrogens is 263 g/mol. The van der Waals surface area contributed by atoms with Crippen molar-refractivity contribution in [2.45, 2.75) is 6.92 Å². The average molecular weight is 271 g/mol. The van der Waals surface area contributed by atoms with Crippen LogP contribution >= 0.6 is 23.2 Å². The summed E-state index contributed by atoms with van der Waals surface area (Å²) >= 11 is 11.5. The zero-order valence-corrected chi connectivity index (χ0v) is 10.3. The molecule has 0 saturated heterocycles. The summed E-state index contributed by atoms with van der Waals surface area (Å²) in [6.45, 7) is 1.80. The number of rotatable bonds is 2. The number of aromatic nitrogens is 1. The quantitative estimate of drug-likeness (QED) is 0.850. The van der Waals surface area contributed by atoms with Crippen LogP contribution in [0, 0.1) is 6.92 Å². The van der Waals surface area contributed by atoms with Gasteiger partial charge in [0.05, 0.1) is 23.7 Å². The van der Waals surface area contributed by atoms with Crippen molar-refractivity contribution in [3.63, 3.8) is 0 Å². The lowest BCUT2D eigenvalue weighted by molar-refractivity contribution is 0.102. The minimum Gasteiger partial charge on any atom is -0.452 e. The van der Waals surface area contributed by atoms with Crippen molar-refractivity contribution in [1.82, 2.24) is 4.98 Å². The van der Waals surface area contributed by atoms with E-state index in [0.29, 0.717) is 10.8 Å². The average Bonchev–Trinajstić information content (AvgIpc) is 2.70. The molecule has 0 aliphatic heterocycles. The second-order valence-corrected chi connectivity index (χ2v) is 4.10. The number of hydrogen-bond donors (Lipinski definition) is 1. The van der Waals surface area contributed by atoms with Crippen LogP contribution in [0.5, 0.6) is 0 Å². The Morgan fingerprint density at radius 1 is 1.47 bits per heavy atom. The Hall–Kier alpha value is -1.52. The summed E-state index contributed by atoms with van der Waals surface area (Å²) in [4.78, 5) is 15.7. The van der Waals surface area contributed by atoms with Gasteiger partial charge in [0, 0.05) is 0 Å². The molecule has 2 rings (SSSR count). The number of nitrogens with zero attached hydrogens (tertiary/aromatic N) is 1. The third-order valence-electron chi connectivity index (χ3n) is 2.13. The maximum absolute atomic E-state index is 11.8. The van der Waals surface area contributed by atoms with Gasteiger partial charge in [-0.3, -0.25) is 4.79 Å². The van der Waals surface area contributed by atoms with E-state index in [1.807, 2.05) is 0 Å². The number of anilines is 1. The first kappa shape index (κ1) is 12.0. The molecular formula is C11H8Cl2N2O2. The van der Waals surface area contributed by atoms with Crippen molar-refractivity contribution >= 4 is 34.8 Å². The minimum absolute atomic E-state index is 0.0566. The molecule has 0 atom stereocenters. The summed E-state index contributed by atoms with van der Waals surface area (Å²) in [5.74, 6) is -0.354. The van der Waals surface area contributed by atoms with Gasteiger partial charge in [0.25, 0.3) is 5.91 Å². The van der Waals surface area contributed by atoms with E-state index in [9.17, 15) is 4.79 Å². The van der Waals surface area contributed by atoms with Crippen molar-refractivity contribution < 1.29 is 9.21 Å². The van der Waals surface area contributed by atoms with E-state index in [-0.39, 0.29) is 16.7 Å². The number of carbonyl (C=O) groups is 1. The normalized spacial score (nSPS) is 10.3. The largest absolute Gasteiger partial charge is 0.452 e. The van der Waals surface area contributed by atoms with Crippen LogP contribution in [0.3, 0.4) is 0 Å². The Morgan fingerprint density at radius 3 is 2.82 bits per heavy atom. The van der Waals surface area contributed by atoms with Crippen LogP contribution in [0.15, 0.2) is 29.0 Å². The molecule has 17 heavy (non-hydrogen) atoms. The summed E-state index contributed by atoms with van der Waals surface area (Å²) < 4.78 is 4.83. The predicted octanol–water partition coefficient (Wildman–Crippen LogP) is 3.54. The Bertz CT molecular complexity index is 566. The molecule has 2 aromatic rings. The van der Waals surface area contributed by atoms with Gasteiger partial charge in [-0.15, -0.1) is 0 Å². The molecule has 0 spiro atoms. The molecule has 2 heterocycles. The van der Waals surface area contributed by atoms with Gasteiger partial charge in [-0.05, 0) is 36.2 Å². The molecule has 0 aliphatic carbocycles. The maximum Gasteiger partial charge on any atom is 0.260 e. The molecule has 0 bridgehead atoms. The van der Waals surface area contributed by atoms with Gasteiger partial charge in [-0.2, -0.15) is 0 Å². The number of hydrogen-bond acceptors (Lipinski definition) is 3. The Balaban J connectivity index is 2.19. The van der Waals surface area contributed by atoms with Crippen molar-refractivity contribution in [3.05, 3.63) is 46.1 Å². The van der Waals surface area contributed by atoms with E-state index in [1.54, 1.807) is 13.0 Å². The summed E-state index contributed by atoms with van der Waals surface area (Å²) in [6.07, 6.45) is 2.82. The summed E-state index contributed by atoms with van der Waals surface area (Å²) in [5.41, 5.74) is 1.61. The number of nitrogens with one attached hydrogen (secondary N) is 1. The van der Waals surface area contributed by atoms with E-state index in [1.165, 1.54) is 18.5 Å². The fourth-order valence-corrected chi connectivity index (χ4v) is 1.58. The van der Waals surface area contributed by atoms with Gasteiger partial charge >= 0.3 is 0 Å². The van der Waals surface area contributed by atoms with E-state index in [4.69, 9.17) is 27.6 Å². The Kier molecular flexibility index (Phi) is 3.36. The van der Waals surface area contributed by atoms with Gasteiger partial charge < -0.3 is 9.73 Å². The molecule has 0 unspecified atom stereocenters. The van der Waals surface area contributed by atoms with Gasteiger partial charge in [0.2, 0.25) is 5.22 Å². The highest BCUT2D eigenvalue weighted by Gasteiger charge is 2.13. The molecule has 0 saturated carbocycles. The topological polar surface area (TPSA) is 55.1 Å². The molecule has 0 radical (unpaired) electrons. The number of amides is 1. The molecule has 0 fully saturated rings. The Morgan fingerprint density at radius 2 is 2.24 bits per heavy atom. The maximum atomic E-state index is 11.8. The lowest BCUT2D eigenvalue weighted by Crippen LogP contribution is -2.11. The van der Waals surface area contributed by atoms with Crippen LogP contribution in [0.1, 0.15) is 15.9 Å². The third-order valence-corrected chi connectivity index (χ3v) is 2.82. The SMILES string of the molecule is Cc1cc(NC(=O)c2ccoc2Cl)cnc1Cl. The van der Waals surface area contributed by atoms with Crippen molar-refractivity contribution in [2.24, 2.45) is 0 Å². The lowest BCUT2D eigenvalue weighted by Gasteiger charge is -2.05. The smallest absolute Gasteiger partial charge is 0.260 e. The number of halogens is 2. The highest BCUT2D eigenvalue weighted by molar-refractivity contribution is 6.32. The standard InChI is InChI=1S/C11H8Cl2N2O2/c1-6-4-7(5-14-9(6)12)15-11(16)8-2-3-17-10(8)13/h2-5H,1H3,(H,15,16). The number of pyridine rings is 1. The second-order valence-electron chi connectivity index (χ2n) is 3.39. The highest BCUT2D eigenvalue weighted by Crippen LogP contribution is 2.20. The molecule has 2 aromatic heterocycles. The number of aryl methyl sites for hydroxylation is 1. The van der Waals surface area contributed by atoms with Gasteiger partial charge in [0.15, 0.2) is 0 Å². The van der Waals surface area contributed by atoms with Crippen LogP contribution in [-0.2, 0) is 0 Å². The molecule has 1 N–H and O–H groups in total. The van der Waals surface area contributed by atoms with Crippen LogP contribution in [0.25, 0.3) is 0 Å². The fraction of sp³-hybridized carbons (Fsp3) is 0.0909. The van der Waals surface area contributed by atoms with E-state index in [0.717, 1.165) is 5.56 Å². The van der Waals surface area contributed by atoms with Gasteiger partial charge in [-0.1, -0.05) is 11.6 Å². The first-order chi connectivity index (χ1) is 8.08. The Labute approximate surface area is 108 Å². The zero-order valence-electron chi connectivity index (χ0n) is 8.83. The molecule has 1 amide bonds. The van der Waals surface area contributed by atoms with Crippen LogP contribution in [0.4, 0.5) is 5.69 Å². The van der Waals surface area contributed by atoms with Crippen molar-refractivity contribution in [2.75, 3.05) is 5.32 Å². The number of furan rings is 1. The first-order valence-corrected chi connectivity index (χ1v) is 5.50.